The lowest BCUT2D eigenvalue weighted by Crippen LogP contribution is -2.49. The maximum Gasteiger partial charge on any atom is 0.191 e. The zero-order valence-electron chi connectivity index (χ0n) is 17.0. The number of hydrogen-bond donors (Lipinski definition) is 2. The molecule has 0 amide bonds. The van der Waals surface area contributed by atoms with Crippen LogP contribution in [-0.4, -0.2) is 49.1 Å². The molecule has 0 spiro atoms. The molecule has 2 fully saturated rings. The molecule has 2 N–H and O–H groups in total. The average Bonchev–Trinajstić information content (AvgIpc) is 3.35. The molecular formula is C21H33F2IN4. The first-order chi connectivity index (χ1) is 13.0. The predicted octanol–water partition coefficient (Wildman–Crippen LogP) is 4.11. The zero-order valence-corrected chi connectivity index (χ0v) is 19.4. The monoisotopic (exact) mass is 506 g/mol. The first-order valence-corrected chi connectivity index (χ1v) is 10.2. The minimum atomic E-state index is -0.455. The molecule has 158 valence electrons. The molecule has 4 nitrogen and oxygen atoms in total. The van der Waals surface area contributed by atoms with E-state index in [2.05, 4.69) is 34.4 Å². The van der Waals surface area contributed by atoms with E-state index < -0.39 is 11.6 Å². The smallest absolute Gasteiger partial charge is 0.191 e. The summed E-state index contributed by atoms with van der Waals surface area (Å²) in [5.41, 5.74) is 0.202. The zero-order chi connectivity index (χ0) is 19.4. The van der Waals surface area contributed by atoms with Gasteiger partial charge in [-0.15, -0.1) is 24.0 Å². The maximum absolute atomic E-state index is 14.0. The second kappa shape index (κ2) is 10.7. The van der Waals surface area contributed by atoms with Gasteiger partial charge in [-0.3, -0.25) is 4.99 Å². The van der Waals surface area contributed by atoms with E-state index in [9.17, 15) is 8.78 Å². The second-order valence-corrected chi connectivity index (χ2v) is 8.16. The van der Waals surface area contributed by atoms with Crippen LogP contribution < -0.4 is 10.6 Å². The fourth-order valence-electron chi connectivity index (χ4n) is 3.97. The number of likely N-dealkylation sites (tertiary alicyclic amines) is 1. The fourth-order valence-corrected chi connectivity index (χ4v) is 3.97. The summed E-state index contributed by atoms with van der Waals surface area (Å²) in [5.74, 6) is 0.429. The van der Waals surface area contributed by atoms with E-state index in [0.717, 1.165) is 44.9 Å². The Kier molecular flexibility index (Phi) is 8.92. The van der Waals surface area contributed by atoms with Gasteiger partial charge in [0.2, 0.25) is 0 Å². The van der Waals surface area contributed by atoms with Crippen molar-refractivity contribution in [3.63, 3.8) is 0 Å². The molecule has 2 unspecified atom stereocenters. The summed E-state index contributed by atoms with van der Waals surface area (Å²) in [6.07, 6.45) is 2.91. The molecule has 0 aromatic heterocycles. The molecule has 1 aromatic carbocycles. The van der Waals surface area contributed by atoms with Gasteiger partial charge in [0.25, 0.3) is 0 Å². The summed E-state index contributed by atoms with van der Waals surface area (Å²) in [5, 5.41) is 6.91. The number of piperidine rings is 1. The Balaban J connectivity index is 0.00000280. The molecule has 2 atom stereocenters. The lowest BCUT2D eigenvalue weighted by atomic mass is 10.0. The van der Waals surface area contributed by atoms with Crippen LogP contribution in [0.3, 0.4) is 0 Å². The van der Waals surface area contributed by atoms with Gasteiger partial charge in [0.15, 0.2) is 5.96 Å². The fraction of sp³-hybridized carbons (Fsp3) is 0.667. The number of benzene rings is 1. The van der Waals surface area contributed by atoms with Gasteiger partial charge in [-0.2, -0.15) is 0 Å². The molecule has 3 rings (SSSR count). The highest BCUT2D eigenvalue weighted by atomic mass is 127. The van der Waals surface area contributed by atoms with Crippen LogP contribution in [0.2, 0.25) is 0 Å². The van der Waals surface area contributed by atoms with E-state index in [1.54, 1.807) is 0 Å². The largest absolute Gasteiger partial charge is 0.354 e. The molecule has 1 saturated carbocycles. The van der Waals surface area contributed by atoms with Crippen molar-refractivity contribution in [2.45, 2.75) is 58.0 Å². The van der Waals surface area contributed by atoms with Gasteiger partial charge in [-0.25, -0.2) is 8.78 Å². The summed E-state index contributed by atoms with van der Waals surface area (Å²) in [6, 6.07) is 4.51. The van der Waals surface area contributed by atoms with Crippen molar-refractivity contribution in [1.82, 2.24) is 15.5 Å². The highest BCUT2D eigenvalue weighted by molar-refractivity contribution is 14.0. The topological polar surface area (TPSA) is 39.7 Å². The molecule has 28 heavy (non-hydrogen) atoms. The van der Waals surface area contributed by atoms with Crippen LogP contribution in [0.5, 0.6) is 0 Å². The van der Waals surface area contributed by atoms with Crippen molar-refractivity contribution in [2.24, 2.45) is 10.9 Å². The third kappa shape index (κ3) is 6.27. The van der Waals surface area contributed by atoms with Crippen LogP contribution >= 0.6 is 24.0 Å². The van der Waals surface area contributed by atoms with Gasteiger partial charge in [-0.05, 0) is 44.2 Å². The molecule has 1 saturated heterocycles. The van der Waals surface area contributed by atoms with Gasteiger partial charge >= 0.3 is 0 Å². The van der Waals surface area contributed by atoms with Crippen LogP contribution in [0.4, 0.5) is 8.78 Å². The molecule has 0 radical (unpaired) electrons. The molecular weight excluding hydrogens is 473 g/mol. The number of nitrogens with zero attached hydrogens (tertiary/aromatic N) is 2. The molecule has 2 aliphatic rings. The van der Waals surface area contributed by atoms with Gasteiger partial charge in [0, 0.05) is 49.7 Å². The molecule has 1 aliphatic heterocycles. The minimum Gasteiger partial charge on any atom is -0.354 e. The molecule has 1 aromatic rings. The molecule has 7 heteroatoms. The number of halogens is 3. The number of aliphatic imine (C=N–C) groups is 1. The first-order valence-electron chi connectivity index (χ1n) is 10.2. The molecule has 1 heterocycles. The standard InChI is InChI=1S/C21H32F2N4.HI/c1-4-24-21(25-15-8-10-27(11-9-15)13-14(2)3)26-19-12-16(19)20-17(22)6-5-7-18(20)23;/h5-7,14-16,19H,4,8-13H2,1-3H3,(H2,24,25,26);1H. The van der Waals surface area contributed by atoms with Crippen molar-refractivity contribution in [1.29, 1.82) is 0 Å². The second-order valence-electron chi connectivity index (χ2n) is 8.16. The maximum atomic E-state index is 14.0. The number of guanidine groups is 1. The van der Waals surface area contributed by atoms with E-state index in [0.29, 0.717) is 18.5 Å². The molecule has 0 bridgehead atoms. The molecule has 1 aliphatic carbocycles. The van der Waals surface area contributed by atoms with Crippen LogP contribution in [0.1, 0.15) is 51.5 Å². The Morgan fingerprint density at radius 1 is 1.18 bits per heavy atom. The Labute approximate surface area is 184 Å². The van der Waals surface area contributed by atoms with Crippen molar-refractivity contribution < 1.29 is 8.78 Å². The summed E-state index contributed by atoms with van der Waals surface area (Å²) in [7, 11) is 0. The Morgan fingerprint density at radius 2 is 1.82 bits per heavy atom. The highest BCUT2D eigenvalue weighted by Gasteiger charge is 2.42. The minimum absolute atomic E-state index is 0. The van der Waals surface area contributed by atoms with Crippen LogP contribution in [-0.2, 0) is 0 Å². The number of rotatable bonds is 6. The third-order valence-electron chi connectivity index (χ3n) is 5.35. The van der Waals surface area contributed by atoms with Gasteiger partial charge < -0.3 is 15.5 Å². The Bertz CT molecular complexity index is 640. The van der Waals surface area contributed by atoms with Crippen LogP contribution in [0.15, 0.2) is 23.2 Å². The van der Waals surface area contributed by atoms with Gasteiger partial charge in [0.1, 0.15) is 11.6 Å². The van der Waals surface area contributed by atoms with E-state index in [-0.39, 0.29) is 41.5 Å². The van der Waals surface area contributed by atoms with E-state index >= 15 is 0 Å². The lowest BCUT2D eigenvalue weighted by molar-refractivity contribution is 0.187. The normalized spacial score (nSPS) is 23.4. The van der Waals surface area contributed by atoms with E-state index in [1.807, 2.05) is 6.92 Å². The van der Waals surface area contributed by atoms with Crippen LogP contribution in [0, 0.1) is 17.6 Å². The highest BCUT2D eigenvalue weighted by Crippen LogP contribution is 2.43. The quantitative estimate of drug-likeness (QED) is 0.347. The first kappa shape index (κ1) is 23.3. The third-order valence-corrected chi connectivity index (χ3v) is 5.35. The van der Waals surface area contributed by atoms with Crippen molar-refractivity contribution in [3.05, 3.63) is 35.4 Å². The van der Waals surface area contributed by atoms with Crippen molar-refractivity contribution >= 4 is 29.9 Å². The van der Waals surface area contributed by atoms with E-state index in [1.165, 1.54) is 18.2 Å². The predicted molar refractivity (Wildman–Crippen MR) is 121 cm³/mol. The van der Waals surface area contributed by atoms with Crippen molar-refractivity contribution in [3.8, 4) is 0 Å². The lowest BCUT2D eigenvalue weighted by Gasteiger charge is -2.34. The number of nitrogens with one attached hydrogen (secondary N) is 2. The SMILES string of the molecule is CCN=C(NC1CCN(CC(C)C)CC1)NC1CC1c1c(F)cccc1F.I. The number of hydrogen-bond acceptors (Lipinski definition) is 2. The summed E-state index contributed by atoms with van der Waals surface area (Å²) >= 11 is 0. The Hall–Kier alpha value is -0.960. The van der Waals surface area contributed by atoms with E-state index in [4.69, 9.17) is 0 Å². The van der Waals surface area contributed by atoms with Gasteiger partial charge in [0.05, 0.1) is 0 Å². The van der Waals surface area contributed by atoms with Crippen LogP contribution in [0.25, 0.3) is 0 Å². The average molecular weight is 506 g/mol. The van der Waals surface area contributed by atoms with Gasteiger partial charge in [-0.1, -0.05) is 19.9 Å². The summed E-state index contributed by atoms with van der Waals surface area (Å²) in [4.78, 5) is 7.05. The summed E-state index contributed by atoms with van der Waals surface area (Å²) in [6.45, 7) is 10.5. The Morgan fingerprint density at radius 3 is 2.39 bits per heavy atom. The van der Waals surface area contributed by atoms with Crippen molar-refractivity contribution in [2.75, 3.05) is 26.2 Å². The summed E-state index contributed by atoms with van der Waals surface area (Å²) < 4.78 is 28.0.